The Morgan fingerprint density at radius 3 is 0.636 bits per heavy atom. The highest BCUT2D eigenvalue weighted by molar-refractivity contribution is 9.15. The summed E-state index contributed by atoms with van der Waals surface area (Å²) in [6.45, 7) is 51.8. The fourth-order valence-electron chi connectivity index (χ4n) is 22.7. The molecule has 0 spiro atoms. The van der Waals surface area contributed by atoms with Crippen molar-refractivity contribution in [3.05, 3.63) is 334 Å². The number of fused-ring (bicyclic) bond motifs is 12. The van der Waals surface area contributed by atoms with E-state index in [2.05, 4.69) is 353 Å². The summed E-state index contributed by atoms with van der Waals surface area (Å²) in [5.74, 6) is 2.16. The molecular weight excluding hydrogens is 1850 g/mol. The molecule has 0 fully saturated rings. The second-order valence-electron chi connectivity index (χ2n) is 44.4. The van der Waals surface area contributed by atoms with Gasteiger partial charge in [-0.3, -0.25) is 19.2 Å². The van der Waals surface area contributed by atoms with E-state index in [0.717, 1.165) is 185 Å². The van der Waals surface area contributed by atoms with E-state index in [9.17, 15) is 0 Å². The average molecular weight is 1960 g/mol. The van der Waals surface area contributed by atoms with Crippen molar-refractivity contribution < 1.29 is 38.1 Å². The number of rotatable bonds is 16. The maximum atomic E-state index is 16.5. The molecule has 0 unspecified atom stereocenters. The summed E-state index contributed by atoms with van der Waals surface area (Å²) in [5.41, 5.74) is 11.8. The summed E-state index contributed by atoms with van der Waals surface area (Å²) in [4.78, 5) is 68.7. The zero-order valence-corrected chi connectivity index (χ0v) is 85.9. The van der Waals surface area contributed by atoms with E-state index in [1.165, 1.54) is 9.80 Å². The predicted molar refractivity (Wildman–Crippen MR) is 593 cm³/mol. The van der Waals surface area contributed by atoms with Crippen LogP contribution in [0.2, 0.25) is 0 Å². The molecule has 10 nitrogen and oxygen atoms in total. The molecular formula is C128H108Br2N2O8. The van der Waals surface area contributed by atoms with Gasteiger partial charge in [-0.2, -0.15) is 0 Å². The highest BCUT2D eigenvalue weighted by Crippen LogP contribution is 2.60. The molecule has 140 heavy (non-hydrogen) atoms. The van der Waals surface area contributed by atoms with Crippen LogP contribution in [0.1, 0.15) is 259 Å². The van der Waals surface area contributed by atoms with Crippen LogP contribution in [0, 0.1) is 0 Å². The van der Waals surface area contributed by atoms with Crippen LogP contribution in [-0.4, -0.2) is 23.6 Å². The molecule has 2 heterocycles. The van der Waals surface area contributed by atoms with Crippen LogP contribution in [0.25, 0.3) is 160 Å². The van der Waals surface area contributed by atoms with Crippen LogP contribution in [0.4, 0.5) is 11.4 Å². The Balaban J connectivity index is 0.732. The first-order chi connectivity index (χ1) is 66.6. The summed E-state index contributed by atoms with van der Waals surface area (Å²) in [5, 5.41) is 26.4. The van der Waals surface area contributed by atoms with Crippen molar-refractivity contribution in [1.82, 2.24) is 0 Å². The zero-order valence-electron chi connectivity index (χ0n) is 82.7. The summed E-state index contributed by atoms with van der Waals surface area (Å²) in [6.07, 6.45) is 0. The van der Waals surface area contributed by atoms with Crippen LogP contribution in [0.15, 0.2) is 256 Å². The fraction of sp³-hybridized carbons (Fsp3) is 0.219. The fourth-order valence-corrected chi connectivity index (χ4v) is 23.1. The van der Waals surface area contributed by atoms with E-state index in [-0.39, 0.29) is 45.3 Å². The molecule has 21 aromatic carbocycles. The van der Waals surface area contributed by atoms with Crippen molar-refractivity contribution in [2.24, 2.45) is 0 Å². The molecule has 0 bridgehead atoms. The average Bonchev–Trinajstić information content (AvgIpc) is 1.29. The minimum Gasteiger partial charge on any atom is -0.457 e. The first kappa shape index (κ1) is 89.8. The van der Waals surface area contributed by atoms with Gasteiger partial charge in [-0.25, -0.2) is 9.80 Å². The second kappa shape index (κ2) is 31.7. The predicted octanol–water partition coefficient (Wildman–Crippen LogP) is 37.3. The number of hydrogen-bond donors (Lipinski definition) is 0. The van der Waals surface area contributed by atoms with Crippen molar-refractivity contribution in [3.63, 3.8) is 0 Å². The van der Waals surface area contributed by atoms with Crippen molar-refractivity contribution in [3.8, 4) is 46.0 Å². The van der Waals surface area contributed by atoms with E-state index in [4.69, 9.17) is 18.9 Å². The number of halogens is 2. The van der Waals surface area contributed by atoms with Crippen molar-refractivity contribution >= 4 is 227 Å². The summed E-state index contributed by atoms with van der Waals surface area (Å²) in [6, 6.07) is 85.3. The topological polar surface area (TPSA) is 112 Å². The molecule has 0 saturated carbocycles. The number of carbonyl (C=O) groups is 4. The van der Waals surface area contributed by atoms with Crippen LogP contribution < -0.4 is 28.7 Å². The highest BCUT2D eigenvalue weighted by Gasteiger charge is 2.44. The van der Waals surface area contributed by atoms with Gasteiger partial charge in [0.05, 0.1) is 33.6 Å². The lowest BCUT2D eigenvalue weighted by atomic mass is 9.82. The number of ether oxygens (including phenoxy) is 4. The molecule has 2 aliphatic rings. The van der Waals surface area contributed by atoms with Gasteiger partial charge in [0.15, 0.2) is 0 Å². The van der Waals surface area contributed by atoms with Gasteiger partial charge in [0.2, 0.25) is 0 Å². The van der Waals surface area contributed by atoms with Gasteiger partial charge in [0.1, 0.15) is 46.0 Å². The lowest BCUT2D eigenvalue weighted by Crippen LogP contribution is -2.42. The summed E-state index contributed by atoms with van der Waals surface area (Å²) < 4.78 is 31.0. The largest absolute Gasteiger partial charge is 0.457 e. The number of anilines is 2. The van der Waals surface area contributed by atoms with Crippen LogP contribution >= 0.6 is 31.9 Å². The Labute approximate surface area is 831 Å². The number of imide groups is 2. The molecule has 4 amide bonds. The summed E-state index contributed by atoms with van der Waals surface area (Å²) in [7, 11) is 0. The van der Waals surface area contributed by atoms with Crippen molar-refractivity contribution in [2.75, 3.05) is 9.80 Å². The molecule has 0 N–H and O–H groups in total. The van der Waals surface area contributed by atoms with Crippen molar-refractivity contribution in [1.29, 1.82) is 0 Å². The van der Waals surface area contributed by atoms with Crippen LogP contribution in [0.3, 0.4) is 0 Å². The number of benzene rings is 18. The lowest BCUT2D eigenvalue weighted by Gasteiger charge is -2.34. The maximum absolute atomic E-state index is 16.5. The molecule has 0 atom stereocenters. The smallest absolute Gasteiger partial charge is 0.266 e. The SMILES string of the molecule is C=C(Br)c1cc(C(C)C)c(N2C(=O)c3cc(Oc4ccc(C(C)(C)C)cc4)c4c5ccc6c7cc8ccc9cc%10c(cc9ccc8cc7c7ccc(c8c(Oc9ccc(C(C)(C)C)cc9)cc(c3c48)C2=O)c5c67)c2ccc3c4c(Oc5ccc(C(C)(C)C)cc5)cc5c6c(cc(Oc7ccc(C(C)(C)C)cc7)c(c7ccc%10c2c73)c64)C(=O)N(c2c(C(C)C)cc(C(=C)Br)cc2C(C)C)C5=O)c(C(C)C)c1. The number of amides is 4. The molecule has 692 valence electrons. The molecule has 21 aromatic rings. The van der Waals surface area contributed by atoms with Crippen molar-refractivity contribution in [2.45, 2.75) is 184 Å². The third kappa shape index (κ3) is 13.8. The minimum absolute atomic E-state index is 0.0933. The molecule has 0 aromatic heterocycles. The number of carbonyl (C=O) groups excluding carboxylic acids is 4. The number of nitrogens with zero attached hydrogens (tertiary/aromatic N) is 2. The maximum Gasteiger partial charge on any atom is 0.266 e. The Bertz CT molecular complexity index is 8080. The first-order valence-electron chi connectivity index (χ1n) is 48.8. The lowest BCUT2D eigenvalue weighted by molar-refractivity contribution is 0.0877. The zero-order chi connectivity index (χ0) is 98.1. The van der Waals surface area contributed by atoms with Gasteiger partial charge in [-0.05, 0) is 330 Å². The third-order valence-electron chi connectivity index (χ3n) is 30.0. The number of hydrogen-bond acceptors (Lipinski definition) is 8. The van der Waals surface area contributed by atoms with Gasteiger partial charge < -0.3 is 18.9 Å². The minimum atomic E-state index is -0.440. The molecule has 2 aliphatic heterocycles. The van der Waals surface area contributed by atoms with Gasteiger partial charge in [-0.15, -0.1) is 0 Å². The molecule has 0 aliphatic carbocycles. The van der Waals surface area contributed by atoms with Gasteiger partial charge in [-0.1, -0.05) is 305 Å². The van der Waals surface area contributed by atoms with E-state index in [1.807, 2.05) is 72.8 Å². The van der Waals surface area contributed by atoms with E-state index in [0.29, 0.717) is 110 Å². The normalized spacial score (nSPS) is 13.7. The van der Waals surface area contributed by atoms with E-state index >= 15 is 19.2 Å². The molecule has 23 rings (SSSR count). The van der Waals surface area contributed by atoms with E-state index in [1.54, 1.807) is 0 Å². The first-order valence-corrected chi connectivity index (χ1v) is 50.4. The molecule has 0 saturated heterocycles. The Hall–Kier alpha value is -14.0. The standard InChI is InChI=1S/C128H108Br2N2O8/c1-63(2)91-55-73(67(9)129)56-92(64(3)4)119(91)131-121(133)99-59-103(137-79-35-27-75(28-36-79)125(11,12)13)113-87-47-43-83-95-51-69-23-25-71-53-97-85-45-49-89-110-90(50-46-86(108(85)110)98(97)54-72(71)26-24-70(69)52-96(95)84-44-48-88(109(87)107(83)84)114-104(60-100(122(131)134)111(99)117(113)114)138-80-37-29-76(30-38-80)126(14,15)16)116-106(140-82-41-33-78(34-42-82)128(20,21)22)62-102-112-101(61-105(115(89)118(112)116)139-81-39-31-77(32-40-81)127(17,18)19)123(135)132(124(102)136)120-93(65(5)6)57-74(68(10)130)58-94(120)66(7)8/h23-66H,9-10H2,1-8,11-22H3. The third-order valence-corrected chi connectivity index (χ3v) is 30.9. The van der Waals surface area contributed by atoms with Gasteiger partial charge >= 0.3 is 0 Å². The van der Waals surface area contributed by atoms with Gasteiger partial charge in [0, 0.05) is 52.1 Å². The molecule has 0 radical (unpaired) electrons. The Morgan fingerprint density at radius 2 is 0.443 bits per heavy atom. The Kier molecular flexibility index (Phi) is 20.4. The summed E-state index contributed by atoms with van der Waals surface area (Å²) >= 11 is 7.38. The molecule has 12 heteroatoms. The monoisotopic (exact) mass is 1960 g/mol. The van der Waals surface area contributed by atoms with Gasteiger partial charge in [0.25, 0.3) is 23.6 Å². The van der Waals surface area contributed by atoms with Crippen LogP contribution in [-0.2, 0) is 21.7 Å². The van der Waals surface area contributed by atoms with Crippen LogP contribution in [0.5, 0.6) is 46.0 Å². The second-order valence-corrected chi connectivity index (χ2v) is 46.3. The Morgan fingerprint density at radius 1 is 0.243 bits per heavy atom. The quantitative estimate of drug-likeness (QED) is 0.0534. The highest BCUT2D eigenvalue weighted by atomic mass is 79.9. The van der Waals surface area contributed by atoms with E-state index < -0.39 is 23.6 Å².